The summed E-state index contributed by atoms with van der Waals surface area (Å²) in [5.74, 6) is 0. The van der Waals surface area contributed by atoms with Gasteiger partial charge in [-0.3, -0.25) is 0 Å². The quantitative estimate of drug-likeness (QED) is 0.719. The number of rotatable bonds is 2. The number of benzene rings is 2. The van der Waals surface area contributed by atoms with Gasteiger partial charge in [-0.05, 0) is 48.4 Å². The van der Waals surface area contributed by atoms with Crippen LogP contribution in [0.3, 0.4) is 0 Å². The summed E-state index contributed by atoms with van der Waals surface area (Å²) < 4.78 is 0.897. The van der Waals surface area contributed by atoms with Gasteiger partial charge in [0, 0.05) is 19.5 Å². The van der Waals surface area contributed by atoms with E-state index >= 15 is 0 Å². The van der Waals surface area contributed by atoms with Crippen LogP contribution in [0, 0.1) is 0 Å². The second kappa shape index (κ2) is 5.63. The van der Waals surface area contributed by atoms with Crippen molar-refractivity contribution in [1.82, 2.24) is 0 Å². The molecule has 0 saturated carbocycles. The molecule has 0 aliphatic carbocycles. The van der Waals surface area contributed by atoms with Crippen LogP contribution in [-0.2, 0) is 5.54 Å². The van der Waals surface area contributed by atoms with Crippen LogP contribution in [-0.4, -0.2) is 0 Å². The first-order valence-corrected chi connectivity index (χ1v) is 7.45. The lowest BCUT2D eigenvalue weighted by Gasteiger charge is -2.28. The maximum Gasteiger partial charge on any atom is 0.0666 e. The van der Waals surface area contributed by atoms with Crippen molar-refractivity contribution in [2.24, 2.45) is 5.73 Å². The Morgan fingerprint density at radius 2 is 1.63 bits per heavy atom. The molecule has 0 heterocycles. The molecule has 2 rings (SSSR count). The molecular weight excluding hydrogens is 368 g/mol. The van der Waals surface area contributed by atoms with Crippen LogP contribution in [0.25, 0.3) is 0 Å². The van der Waals surface area contributed by atoms with Gasteiger partial charge in [-0.2, -0.15) is 0 Å². The highest BCUT2D eigenvalue weighted by Crippen LogP contribution is 2.37. The van der Waals surface area contributed by atoms with Crippen molar-refractivity contribution in [2.45, 2.75) is 12.5 Å². The summed E-state index contributed by atoms with van der Waals surface area (Å²) in [5.41, 5.74) is 7.15. The van der Waals surface area contributed by atoms with E-state index in [1.807, 2.05) is 19.1 Å². The molecule has 0 radical (unpaired) electrons. The highest BCUT2D eigenvalue weighted by atomic mass is 79.9. The number of halogens is 4. The summed E-state index contributed by atoms with van der Waals surface area (Å²) in [7, 11) is 0. The van der Waals surface area contributed by atoms with Gasteiger partial charge in [-0.15, -0.1) is 0 Å². The minimum Gasteiger partial charge on any atom is -0.318 e. The van der Waals surface area contributed by atoms with Crippen molar-refractivity contribution in [3.05, 3.63) is 67.1 Å². The van der Waals surface area contributed by atoms with Gasteiger partial charge in [-0.1, -0.05) is 56.8 Å². The Kier molecular flexibility index (Phi) is 4.49. The van der Waals surface area contributed by atoms with Crippen LogP contribution < -0.4 is 5.73 Å². The van der Waals surface area contributed by atoms with E-state index in [4.69, 9.17) is 40.5 Å². The molecule has 1 atom stereocenters. The minimum absolute atomic E-state index is 0.563. The SMILES string of the molecule is CC(N)(c1ccc(Br)cc1Cl)c1cc(Cl)ccc1Cl. The Balaban J connectivity index is 2.61. The number of hydrogen-bond donors (Lipinski definition) is 1. The third-order valence-corrected chi connectivity index (χ3v) is 4.35. The molecule has 0 bridgehead atoms. The first-order valence-electron chi connectivity index (χ1n) is 5.52. The highest BCUT2D eigenvalue weighted by Gasteiger charge is 2.28. The monoisotopic (exact) mass is 377 g/mol. The lowest BCUT2D eigenvalue weighted by Crippen LogP contribution is -2.35. The first-order chi connectivity index (χ1) is 8.82. The minimum atomic E-state index is -0.820. The van der Waals surface area contributed by atoms with E-state index in [-0.39, 0.29) is 0 Å². The van der Waals surface area contributed by atoms with E-state index in [9.17, 15) is 0 Å². The Bertz CT molecular complexity index is 626. The Hall–Kier alpha value is -0.250. The summed E-state index contributed by atoms with van der Waals surface area (Å²) in [6, 6.07) is 10.8. The van der Waals surface area contributed by atoms with Crippen molar-refractivity contribution in [3.63, 3.8) is 0 Å². The van der Waals surface area contributed by atoms with E-state index in [2.05, 4.69) is 15.9 Å². The predicted octanol–water partition coefficient (Wildman–Crippen LogP) is 5.63. The largest absolute Gasteiger partial charge is 0.318 e. The van der Waals surface area contributed by atoms with Crippen molar-refractivity contribution in [1.29, 1.82) is 0 Å². The van der Waals surface area contributed by atoms with Crippen LogP contribution >= 0.6 is 50.7 Å². The molecule has 100 valence electrons. The lowest BCUT2D eigenvalue weighted by atomic mass is 9.85. The molecule has 2 N–H and O–H groups in total. The van der Waals surface area contributed by atoms with Crippen LogP contribution in [0.2, 0.25) is 15.1 Å². The zero-order chi connectivity index (χ0) is 14.2. The fraction of sp³-hybridized carbons (Fsp3) is 0.143. The molecule has 5 heteroatoms. The molecule has 0 fully saturated rings. The van der Waals surface area contributed by atoms with Gasteiger partial charge in [0.2, 0.25) is 0 Å². The molecule has 19 heavy (non-hydrogen) atoms. The Labute approximate surface area is 135 Å². The molecule has 0 spiro atoms. The molecule has 0 aliphatic heterocycles. The van der Waals surface area contributed by atoms with Gasteiger partial charge >= 0.3 is 0 Å². The molecule has 0 aromatic heterocycles. The standard InChI is InChI=1S/C14H11BrCl3N/c1-14(19,10-4-2-8(15)6-13(10)18)11-7-9(16)3-5-12(11)17/h2-7H,19H2,1H3. The molecule has 0 aliphatic rings. The third kappa shape index (κ3) is 3.09. The summed E-state index contributed by atoms with van der Waals surface area (Å²) in [6.45, 7) is 1.86. The molecule has 0 amide bonds. The number of hydrogen-bond acceptors (Lipinski definition) is 1. The lowest BCUT2D eigenvalue weighted by molar-refractivity contribution is 0.603. The summed E-state index contributed by atoms with van der Waals surface area (Å²) in [5, 5.41) is 1.73. The van der Waals surface area contributed by atoms with Crippen molar-refractivity contribution in [2.75, 3.05) is 0 Å². The van der Waals surface area contributed by atoms with E-state index in [1.165, 1.54) is 0 Å². The van der Waals surface area contributed by atoms with Crippen molar-refractivity contribution >= 4 is 50.7 Å². The zero-order valence-corrected chi connectivity index (χ0v) is 13.9. The Morgan fingerprint density at radius 3 is 2.26 bits per heavy atom. The third-order valence-electron chi connectivity index (χ3n) is 2.98. The second-order valence-electron chi connectivity index (χ2n) is 4.45. The normalized spacial score (nSPS) is 14.2. The first kappa shape index (κ1) is 15.1. The van der Waals surface area contributed by atoms with Gasteiger partial charge in [0.25, 0.3) is 0 Å². The molecule has 1 nitrogen and oxygen atoms in total. The van der Waals surface area contributed by atoms with Gasteiger partial charge in [0.1, 0.15) is 0 Å². The molecule has 1 unspecified atom stereocenters. The topological polar surface area (TPSA) is 26.0 Å². The van der Waals surface area contributed by atoms with Gasteiger partial charge < -0.3 is 5.73 Å². The van der Waals surface area contributed by atoms with Crippen LogP contribution in [0.5, 0.6) is 0 Å². The van der Waals surface area contributed by atoms with E-state index in [0.717, 1.165) is 15.6 Å². The van der Waals surface area contributed by atoms with Crippen molar-refractivity contribution < 1.29 is 0 Å². The average molecular weight is 380 g/mol. The zero-order valence-electron chi connectivity index (χ0n) is 10.1. The predicted molar refractivity (Wildman–Crippen MR) is 86.3 cm³/mol. The Morgan fingerprint density at radius 1 is 0.947 bits per heavy atom. The summed E-state index contributed by atoms with van der Waals surface area (Å²) >= 11 is 21.9. The smallest absolute Gasteiger partial charge is 0.0666 e. The van der Waals surface area contributed by atoms with Crippen LogP contribution in [0.1, 0.15) is 18.1 Å². The molecule has 2 aromatic carbocycles. The highest BCUT2D eigenvalue weighted by molar-refractivity contribution is 9.10. The second-order valence-corrected chi connectivity index (χ2v) is 6.62. The summed E-state index contributed by atoms with van der Waals surface area (Å²) in [6.07, 6.45) is 0. The molecular formula is C14H11BrCl3N. The van der Waals surface area contributed by atoms with E-state index in [0.29, 0.717) is 15.1 Å². The van der Waals surface area contributed by atoms with E-state index in [1.54, 1.807) is 24.3 Å². The van der Waals surface area contributed by atoms with Gasteiger partial charge in [-0.25, -0.2) is 0 Å². The number of nitrogens with two attached hydrogens (primary N) is 1. The fourth-order valence-corrected chi connectivity index (χ4v) is 3.31. The maximum atomic E-state index is 6.44. The van der Waals surface area contributed by atoms with Crippen LogP contribution in [0.4, 0.5) is 0 Å². The molecule has 2 aromatic rings. The average Bonchev–Trinajstić information content (AvgIpc) is 2.31. The van der Waals surface area contributed by atoms with Crippen molar-refractivity contribution in [3.8, 4) is 0 Å². The molecule has 0 saturated heterocycles. The van der Waals surface area contributed by atoms with E-state index < -0.39 is 5.54 Å². The summed E-state index contributed by atoms with van der Waals surface area (Å²) in [4.78, 5) is 0. The van der Waals surface area contributed by atoms with Gasteiger partial charge in [0.05, 0.1) is 5.54 Å². The fourth-order valence-electron chi connectivity index (χ4n) is 1.95. The van der Waals surface area contributed by atoms with Gasteiger partial charge in [0.15, 0.2) is 0 Å². The van der Waals surface area contributed by atoms with Crippen LogP contribution in [0.15, 0.2) is 40.9 Å². The maximum absolute atomic E-state index is 6.44.